The molecule has 2 aromatic rings. The standard InChI is InChI=1S/C18H20FNO3/c1-4-22-16-8-6-5-7-15(16)20-17(21)18(2,3)23-14-11-9-13(19)10-12-14/h5-12H,4H2,1-3H3,(H,20,21). The maximum absolute atomic E-state index is 12.9. The number of rotatable bonds is 6. The molecule has 122 valence electrons. The summed E-state index contributed by atoms with van der Waals surface area (Å²) in [6, 6.07) is 12.7. The minimum absolute atomic E-state index is 0.325. The van der Waals surface area contributed by atoms with Crippen molar-refractivity contribution in [1.29, 1.82) is 0 Å². The SMILES string of the molecule is CCOc1ccccc1NC(=O)C(C)(C)Oc1ccc(F)cc1. The van der Waals surface area contributed by atoms with E-state index in [9.17, 15) is 9.18 Å². The molecular formula is C18H20FNO3. The van der Waals surface area contributed by atoms with Gasteiger partial charge in [0.25, 0.3) is 5.91 Å². The number of carbonyl (C=O) groups excluding carboxylic acids is 1. The Labute approximate surface area is 135 Å². The van der Waals surface area contributed by atoms with Gasteiger partial charge in [0, 0.05) is 0 Å². The summed E-state index contributed by atoms with van der Waals surface area (Å²) in [5.74, 6) is 0.338. The second-order valence-electron chi connectivity index (χ2n) is 5.45. The van der Waals surface area contributed by atoms with Gasteiger partial charge >= 0.3 is 0 Å². The molecule has 1 N–H and O–H groups in total. The second-order valence-corrected chi connectivity index (χ2v) is 5.45. The highest BCUT2D eigenvalue weighted by atomic mass is 19.1. The van der Waals surface area contributed by atoms with Crippen molar-refractivity contribution in [2.24, 2.45) is 0 Å². The minimum Gasteiger partial charge on any atom is -0.492 e. The molecule has 0 radical (unpaired) electrons. The van der Waals surface area contributed by atoms with Gasteiger partial charge in [-0.1, -0.05) is 12.1 Å². The molecule has 0 aliphatic heterocycles. The van der Waals surface area contributed by atoms with Crippen molar-refractivity contribution in [3.05, 3.63) is 54.3 Å². The third-order valence-electron chi connectivity index (χ3n) is 3.17. The van der Waals surface area contributed by atoms with Crippen molar-refractivity contribution in [2.75, 3.05) is 11.9 Å². The maximum Gasteiger partial charge on any atom is 0.268 e. The molecule has 1 amide bonds. The summed E-state index contributed by atoms with van der Waals surface area (Å²) in [6.07, 6.45) is 0. The lowest BCUT2D eigenvalue weighted by molar-refractivity contribution is -0.128. The molecule has 2 aromatic carbocycles. The average molecular weight is 317 g/mol. The topological polar surface area (TPSA) is 47.6 Å². The lowest BCUT2D eigenvalue weighted by Crippen LogP contribution is -2.42. The van der Waals surface area contributed by atoms with Crippen LogP contribution in [0.25, 0.3) is 0 Å². The number of nitrogens with one attached hydrogen (secondary N) is 1. The molecule has 0 heterocycles. The molecule has 0 aliphatic carbocycles. The van der Waals surface area contributed by atoms with Gasteiger partial charge in [0.2, 0.25) is 0 Å². The normalized spacial score (nSPS) is 11.0. The molecule has 0 saturated carbocycles. The van der Waals surface area contributed by atoms with E-state index in [-0.39, 0.29) is 11.7 Å². The quantitative estimate of drug-likeness (QED) is 0.875. The van der Waals surface area contributed by atoms with E-state index in [4.69, 9.17) is 9.47 Å². The minimum atomic E-state index is -1.13. The highest BCUT2D eigenvalue weighted by Gasteiger charge is 2.30. The number of benzene rings is 2. The maximum atomic E-state index is 12.9. The molecule has 2 rings (SSSR count). The first-order valence-corrected chi connectivity index (χ1v) is 7.40. The summed E-state index contributed by atoms with van der Waals surface area (Å²) < 4.78 is 24.1. The van der Waals surface area contributed by atoms with Crippen LogP contribution in [0.4, 0.5) is 10.1 Å². The molecular weight excluding hydrogens is 297 g/mol. The van der Waals surface area contributed by atoms with Gasteiger partial charge in [0.15, 0.2) is 5.60 Å². The predicted molar refractivity (Wildman–Crippen MR) is 87.3 cm³/mol. The first-order chi connectivity index (χ1) is 10.9. The van der Waals surface area contributed by atoms with E-state index in [1.165, 1.54) is 24.3 Å². The van der Waals surface area contributed by atoms with E-state index in [0.717, 1.165) is 0 Å². The molecule has 23 heavy (non-hydrogen) atoms. The van der Waals surface area contributed by atoms with Crippen LogP contribution in [-0.2, 0) is 4.79 Å². The first-order valence-electron chi connectivity index (χ1n) is 7.40. The Morgan fingerprint density at radius 1 is 1.13 bits per heavy atom. The fourth-order valence-electron chi connectivity index (χ4n) is 1.97. The van der Waals surface area contributed by atoms with E-state index in [2.05, 4.69) is 5.32 Å². The number of para-hydroxylation sites is 2. The zero-order valence-electron chi connectivity index (χ0n) is 13.4. The molecule has 5 heteroatoms. The van der Waals surface area contributed by atoms with Crippen LogP contribution < -0.4 is 14.8 Å². The number of halogens is 1. The zero-order chi connectivity index (χ0) is 16.9. The Balaban J connectivity index is 2.11. The van der Waals surface area contributed by atoms with Gasteiger partial charge < -0.3 is 14.8 Å². The monoisotopic (exact) mass is 317 g/mol. The number of ether oxygens (including phenoxy) is 2. The number of hydrogen-bond donors (Lipinski definition) is 1. The first kappa shape index (κ1) is 16.8. The number of carbonyl (C=O) groups is 1. The molecule has 4 nitrogen and oxygen atoms in total. The van der Waals surface area contributed by atoms with Gasteiger partial charge in [0.1, 0.15) is 17.3 Å². The molecule has 0 fully saturated rings. The Kier molecular flexibility index (Phi) is 5.21. The molecule has 0 bridgehead atoms. The van der Waals surface area contributed by atoms with Crippen LogP contribution in [0.15, 0.2) is 48.5 Å². The molecule has 0 aromatic heterocycles. The van der Waals surface area contributed by atoms with Crippen molar-refractivity contribution < 1.29 is 18.7 Å². The van der Waals surface area contributed by atoms with Crippen LogP contribution in [0, 0.1) is 5.82 Å². The second kappa shape index (κ2) is 7.13. The number of anilines is 1. The smallest absolute Gasteiger partial charge is 0.268 e. The van der Waals surface area contributed by atoms with Crippen molar-refractivity contribution in [1.82, 2.24) is 0 Å². The van der Waals surface area contributed by atoms with Gasteiger partial charge in [-0.25, -0.2) is 4.39 Å². The lowest BCUT2D eigenvalue weighted by Gasteiger charge is -2.25. The van der Waals surface area contributed by atoms with Crippen LogP contribution in [0.5, 0.6) is 11.5 Å². The van der Waals surface area contributed by atoms with Gasteiger partial charge in [0.05, 0.1) is 12.3 Å². The number of amides is 1. The zero-order valence-corrected chi connectivity index (χ0v) is 13.4. The Morgan fingerprint density at radius 2 is 1.78 bits per heavy atom. The fourth-order valence-corrected chi connectivity index (χ4v) is 1.97. The largest absolute Gasteiger partial charge is 0.492 e. The Bertz CT molecular complexity index is 668. The molecule has 0 unspecified atom stereocenters. The summed E-state index contributed by atoms with van der Waals surface area (Å²) in [7, 11) is 0. The summed E-state index contributed by atoms with van der Waals surface area (Å²) in [6.45, 7) is 5.67. The lowest BCUT2D eigenvalue weighted by atomic mass is 10.1. The van der Waals surface area contributed by atoms with Crippen LogP contribution in [0.2, 0.25) is 0 Å². The Morgan fingerprint density at radius 3 is 2.43 bits per heavy atom. The van der Waals surface area contributed by atoms with Crippen LogP contribution >= 0.6 is 0 Å². The van der Waals surface area contributed by atoms with Gasteiger partial charge in [-0.3, -0.25) is 4.79 Å². The summed E-state index contributed by atoms with van der Waals surface area (Å²) in [5.41, 5.74) is -0.549. The van der Waals surface area contributed by atoms with Crippen LogP contribution in [0.3, 0.4) is 0 Å². The van der Waals surface area contributed by atoms with Crippen molar-refractivity contribution in [2.45, 2.75) is 26.4 Å². The highest BCUT2D eigenvalue weighted by Crippen LogP contribution is 2.26. The van der Waals surface area contributed by atoms with Crippen molar-refractivity contribution in [3.63, 3.8) is 0 Å². The van der Waals surface area contributed by atoms with E-state index >= 15 is 0 Å². The van der Waals surface area contributed by atoms with E-state index in [1.807, 2.05) is 19.1 Å². The van der Waals surface area contributed by atoms with E-state index < -0.39 is 5.60 Å². The average Bonchev–Trinajstić information content (AvgIpc) is 2.51. The molecule has 0 saturated heterocycles. The molecule has 0 atom stereocenters. The third kappa shape index (κ3) is 4.45. The van der Waals surface area contributed by atoms with Gasteiger partial charge in [-0.05, 0) is 57.2 Å². The van der Waals surface area contributed by atoms with E-state index in [1.54, 1.807) is 26.0 Å². The predicted octanol–water partition coefficient (Wildman–Crippen LogP) is 4.02. The summed E-state index contributed by atoms with van der Waals surface area (Å²) in [5, 5.41) is 2.80. The van der Waals surface area contributed by atoms with Crippen LogP contribution in [-0.4, -0.2) is 18.1 Å². The fraction of sp³-hybridized carbons (Fsp3) is 0.278. The number of hydrogen-bond acceptors (Lipinski definition) is 3. The van der Waals surface area contributed by atoms with Crippen molar-refractivity contribution in [3.8, 4) is 11.5 Å². The van der Waals surface area contributed by atoms with E-state index in [0.29, 0.717) is 23.8 Å². The molecule has 0 spiro atoms. The summed E-state index contributed by atoms with van der Waals surface area (Å²) in [4.78, 5) is 12.5. The summed E-state index contributed by atoms with van der Waals surface area (Å²) >= 11 is 0. The third-order valence-corrected chi connectivity index (χ3v) is 3.17. The van der Waals surface area contributed by atoms with Gasteiger partial charge in [-0.15, -0.1) is 0 Å². The Hall–Kier alpha value is -2.56. The highest BCUT2D eigenvalue weighted by molar-refractivity contribution is 5.98. The van der Waals surface area contributed by atoms with Crippen molar-refractivity contribution >= 4 is 11.6 Å². The van der Waals surface area contributed by atoms with Gasteiger partial charge in [-0.2, -0.15) is 0 Å². The molecule has 0 aliphatic rings. The van der Waals surface area contributed by atoms with Crippen LogP contribution in [0.1, 0.15) is 20.8 Å².